The molecule has 25 heavy (non-hydrogen) atoms. The molecule has 0 aliphatic heterocycles. The standard InChI is InChI=1S/C19H27FN2O3/c1-6-11-21-16(12-14-7-9-15(20)10-8-14)18(24)22(5)13-17(23)25-19(2,3)4/h6-10,16,21H,1,11-13H2,2-5H3/t16-/m0/s1. The number of rotatable bonds is 8. The summed E-state index contributed by atoms with van der Waals surface area (Å²) in [6.07, 6.45) is 2.03. The van der Waals surface area contributed by atoms with Crippen molar-refractivity contribution in [2.24, 2.45) is 0 Å². The smallest absolute Gasteiger partial charge is 0.326 e. The summed E-state index contributed by atoms with van der Waals surface area (Å²) in [6, 6.07) is 5.44. The zero-order valence-electron chi connectivity index (χ0n) is 15.3. The fourth-order valence-electron chi connectivity index (χ4n) is 2.24. The van der Waals surface area contributed by atoms with Gasteiger partial charge in [0.15, 0.2) is 0 Å². The number of likely N-dealkylation sites (N-methyl/N-ethyl adjacent to an activating group) is 1. The van der Waals surface area contributed by atoms with E-state index in [1.807, 2.05) is 0 Å². The van der Waals surface area contributed by atoms with E-state index in [2.05, 4.69) is 11.9 Å². The van der Waals surface area contributed by atoms with Crippen molar-refractivity contribution in [3.05, 3.63) is 48.3 Å². The van der Waals surface area contributed by atoms with Crippen LogP contribution in [0.3, 0.4) is 0 Å². The Labute approximate surface area is 148 Å². The van der Waals surface area contributed by atoms with E-state index in [-0.39, 0.29) is 18.3 Å². The maximum Gasteiger partial charge on any atom is 0.326 e. The van der Waals surface area contributed by atoms with Gasteiger partial charge in [-0.15, -0.1) is 6.58 Å². The Morgan fingerprint density at radius 3 is 2.44 bits per heavy atom. The molecule has 1 aromatic carbocycles. The lowest BCUT2D eigenvalue weighted by atomic mass is 10.0. The average molecular weight is 350 g/mol. The molecular weight excluding hydrogens is 323 g/mol. The topological polar surface area (TPSA) is 58.6 Å². The van der Waals surface area contributed by atoms with Crippen molar-refractivity contribution in [3.8, 4) is 0 Å². The maximum atomic E-state index is 13.0. The summed E-state index contributed by atoms with van der Waals surface area (Å²) >= 11 is 0. The van der Waals surface area contributed by atoms with Crippen LogP contribution in [0.5, 0.6) is 0 Å². The lowest BCUT2D eigenvalue weighted by molar-refractivity contribution is -0.158. The molecule has 0 aliphatic carbocycles. The van der Waals surface area contributed by atoms with Crippen LogP contribution >= 0.6 is 0 Å². The van der Waals surface area contributed by atoms with Gasteiger partial charge in [0.2, 0.25) is 5.91 Å². The number of halogens is 1. The largest absolute Gasteiger partial charge is 0.459 e. The zero-order chi connectivity index (χ0) is 19.0. The lowest BCUT2D eigenvalue weighted by Crippen LogP contribution is -2.48. The second kappa shape index (κ2) is 9.32. The summed E-state index contributed by atoms with van der Waals surface area (Å²) in [4.78, 5) is 25.9. The molecule has 0 saturated heterocycles. The SMILES string of the molecule is C=CCN[C@@H](Cc1ccc(F)cc1)C(=O)N(C)CC(=O)OC(C)(C)C. The van der Waals surface area contributed by atoms with Crippen LogP contribution in [0.25, 0.3) is 0 Å². The van der Waals surface area contributed by atoms with Gasteiger partial charge in [-0.2, -0.15) is 0 Å². The molecule has 0 aromatic heterocycles. The van der Waals surface area contributed by atoms with Gasteiger partial charge in [0.25, 0.3) is 0 Å². The third-order valence-corrected chi connectivity index (χ3v) is 3.32. The molecule has 1 N–H and O–H groups in total. The van der Waals surface area contributed by atoms with Crippen molar-refractivity contribution in [2.45, 2.75) is 38.8 Å². The lowest BCUT2D eigenvalue weighted by Gasteiger charge is -2.26. The first-order chi connectivity index (χ1) is 11.6. The number of benzene rings is 1. The number of hydrogen-bond acceptors (Lipinski definition) is 4. The Balaban J connectivity index is 2.75. The molecule has 5 nitrogen and oxygen atoms in total. The molecule has 1 atom stereocenters. The van der Waals surface area contributed by atoms with Gasteiger partial charge in [0, 0.05) is 13.6 Å². The van der Waals surface area contributed by atoms with E-state index in [4.69, 9.17) is 4.74 Å². The Kier molecular flexibility index (Phi) is 7.77. The number of nitrogens with zero attached hydrogens (tertiary/aromatic N) is 1. The average Bonchev–Trinajstić information content (AvgIpc) is 2.50. The van der Waals surface area contributed by atoms with Crippen molar-refractivity contribution in [3.63, 3.8) is 0 Å². The maximum absolute atomic E-state index is 13.0. The minimum atomic E-state index is -0.602. The summed E-state index contributed by atoms with van der Waals surface area (Å²) < 4.78 is 18.3. The van der Waals surface area contributed by atoms with Gasteiger partial charge in [-0.3, -0.25) is 9.59 Å². The highest BCUT2D eigenvalue weighted by atomic mass is 19.1. The van der Waals surface area contributed by atoms with Gasteiger partial charge in [-0.25, -0.2) is 4.39 Å². The van der Waals surface area contributed by atoms with Gasteiger partial charge in [0.1, 0.15) is 18.0 Å². The van der Waals surface area contributed by atoms with Crippen LogP contribution < -0.4 is 5.32 Å². The molecule has 0 saturated carbocycles. The fraction of sp³-hybridized carbons (Fsp3) is 0.474. The number of amides is 1. The number of esters is 1. The summed E-state index contributed by atoms with van der Waals surface area (Å²) in [5, 5.41) is 3.08. The summed E-state index contributed by atoms with van der Waals surface area (Å²) in [5.74, 6) is -1.03. The first-order valence-corrected chi connectivity index (χ1v) is 8.18. The van der Waals surface area contributed by atoms with Crippen LogP contribution in [-0.2, 0) is 20.7 Å². The Bertz CT molecular complexity index is 594. The van der Waals surface area contributed by atoms with Crippen LogP contribution in [0.4, 0.5) is 4.39 Å². The fourth-order valence-corrected chi connectivity index (χ4v) is 2.24. The highest BCUT2D eigenvalue weighted by Gasteiger charge is 2.25. The number of carbonyl (C=O) groups is 2. The molecule has 0 spiro atoms. The van der Waals surface area contributed by atoms with E-state index >= 15 is 0 Å². The van der Waals surface area contributed by atoms with E-state index < -0.39 is 17.6 Å². The highest BCUT2D eigenvalue weighted by Crippen LogP contribution is 2.10. The molecule has 0 unspecified atom stereocenters. The van der Waals surface area contributed by atoms with E-state index in [1.54, 1.807) is 46.0 Å². The number of nitrogens with one attached hydrogen (secondary N) is 1. The summed E-state index contributed by atoms with van der Waals surface area (Å²) in [5.41, 5.74) is 0.220. The number of hydrogen-bond donors (Lipinski definition) is 1. The van der Waals surface area contributed by atoms with Crippen molar-refractivity contribution < 1.29 is 18.7 Å². The molecule has 1 rings (SSSR count). The van der Waals surface area contributed by atoms with Gasteiger partial charge in [-0.1, -0.05) is 18.2 Å². The Morgan fingerprint density at radius 2 is 1.92 bits per heavy atom. The van der Waals surface area contributed by atoms with E-state index in [1.165, 1.54) is 17.0 Å². The van der Waals surface area contributed by atoms with Gasteiger partial charge in [-0.05, 0) is 44.9 Å². The highest BCUT2D eigenvalue weighted by molar-refractivity contribution is 5.86. The van der Waals surface area contributed by atoms with Gasteiger partial charge < -0.3 is 15.0 Å². The normalized spacial score (nSPS) is 12.4. The predicted molar refractivity (Wildman–Crippen MR) is 95.6 cm³/mol. The predicted octanol–water partition coefficient (Wildman–Crippen LogP) is 2.31. The summed E-state index contributed by atoms with van der Waals surface area (Å²) in [7, 11) is 1.56. The molecule has 1 amide bonds. The van der Waals surface area contributed by atoms with Crippen LogP contribution in [0.15, 0.2) is 36.9 Å². The van der Waals surface area contributed by atoms with E-state index in [9.17, 15) is 14.0 Å². The van der Waals surface area contributed by atoms with E-state index in [0.717, 1.165) is 5.56 Å². The van der Waals surface area contributed by atoms with Crippen molar-refractivity contribution in [1.82, 2.24) is 10.2 Å². The second-order valence-electron chi connectivity index (χ2n) is 6.86. The molecule has 0 fully saturated rings. The van der Waals surface area contributed by atoms with Crippen LogP contribution in [0, 0.1) is 5.82 Å². The van der Waals surface area contributed by atoms with Crippen LogP contribution in [0.2, 0.25) is 0 Å². The minimum absolute atomic E-state index is 0.133. The van der Waals surface area contributed by atoms with Crippen LogP contribution in [-0.4, -0.2) is 48.6 Å². The molecule has 0 heterocycles. The molecule has 6 heteroatoms. The third-order valence-electron chi connectivity index (χ3n) is 3.32. The van der Waals surface area contributed by atoms with Gasteiger partial charge >= 0.3 is 5.97 Å². The Morgan fingerprint density at radius 1 is 1.32 bits per heavy atom. The molecule has 1 aromatic rings. The minimum Gasteiger partial charge on any atom is -0.459 e. The molecule has 0 bridgehead atoms. The van der Waals surface area contributed by atoms with E-state index in [0.29, 0.717) is 13.0 Å². The van der Waals surface area contributed by atoms with Crippen LogP contribution in [0.1, 0.15) is 26.3 Å². The summed E-state index contributed by atoms with van der Waals surface area (Å²) in [6.45, 7) is 9.26. The first kappa shape index (κ1) is 20.8. The molecule has 0 aliphatic rings. The number of ether oxygens (including phenoxy) is 1. The van der Waals surface area contributed by atoms with Gasteiger partial charge in [0.05, 0.1) is 6.04 Å². The third kappa shape index (κ3) is 7.94. The number of carbonyl (C=O) groups excluding carboxylic acids is 2. The zero-order valence-corrected chi connectivity index (χ0v) is 15.3. The first-order valence-electron chi connectivity index (χ1n) is 8.18. The monoisotopic (exact) mass is 350 g/mol. The molecule has 138 valence electrons. The quantitative estimate of drug-likeness (QED) is 0.577. The second-order valence-corrected chi connectivity index (χ2v) is 6.86. The van der Waals surface area contributed by atoms with Crippen molar-refractivity contribution in [1.29, 1.82) is 0 Å². The molecule has 0 radical (unpaired) electrons. The van der Waals surface area contributed by atoms with Crippen molar-refractivity contribution >= 4 is 11.9 Å². The Hall–Kier alpha value is -2.21. The van der Waals surface area contributed by atoms with Crippen molar-refractivity contribution in [2.75, 3.05) is 20.1 Å². The molecular formula is C19H27FN2O3.